The largest absolute Gasteiger partial charge is 0.368 e. The maximum atomic E-state index is 12.5. The van der Waals surface area contributed by atoms with Gasteiger partial charge in [-0.3, -0.25) is 9.59 Å². The van der Waals surface area contributed by atoms with Crippen LogP contribution in [0.25, 0.3) is 0 Å². The first-order valence-corrected chi connectivity index (χ1v) is 6.87. The number of hydrogen-bond donors (Lipinski definition) is 1. The van der Waals surface area contributed by atoms with E-state index in [-0.39, 0.29) is 29.6 Å². The standard InChI is InChI=1S/C14H20ClN3O2/c1-8(2)11-5-10(6-12(15)17-11)14(20)18(9(3)4)7-13(16)19/h5-6,8-9H,7H2,1-4H3,(H2,16,19). The Morgan fingerprint density at radius 1 is 1.30 bits per heavy atom. The van der Waals surface area contributed by atoms with Crippen molar-refractivity contribution < 1.29 is 9.59 Å². The number of amides is 2. The second kappa shape index (κ2) is 6.70. The predicted octanol–water partition coefficient (Wildman–Crippen LogP) is 2.19. The Balaban J connectivity index is 3.14. The van der Waals surface area contributed by atoms with Crippen molar-refractivity contribution in [3.63, 3.8) is 0 Å². The van der Waals surface area contributed by atoms with E-state index in [0.717, 1.165) is 5.69 Å². The minimum absolute atomic E-state index is 0.118. The second-order valence-corrected chi connectivity index (χ2v) is 5.64. The summed E-state index contributed by atoms with van der Waals surface area (Å²) >= 11 is 5.95. The fourth-order valence-electron chi connectivity index (χ4n) is 1.76. The van der Waals surface area contributed by atoms with Crippen LogP contribution < -0.4 is 5.73 Å². The summed E-state index contributed by atoms with van der Waals surface area (Å²) in [5.41, 5.74) is 6.34. The third-order valence-corrected chi connectivity index (χ3v) is 3.06. The molecular formula is C14H20ClN3O2. The summed E-state index contributed by atoms with van der Waals surface area (Å²) in [4.78, 5) is 29.2. The van der Waals surface area contributed by atoms with E-state index in [9.17, 15) is 9.59 Å². The van der Waals surface area contributed by atoms with Gasteiger partial charge in [-0.1, -0.05) is 25.4 Å². The number of halogens is 1. The molecule has 0 spiro atoms. The summed E-state index contributed by atoms with van der Waals surface area (Å²) in [6.45, 7) is 7.47. The van der Waals surface area contributed by atoms with E-state index in [0.29, 0.717) is 5.56 Å². The van der Waals surface area contributed by atoms with Crippen LogP contribution in [0.4, 0.5) is 0 Å². The summed E-state index contributed by atoms with van der Waals surface area (Å²) in [5.74, 6) is -0.662. The number of hydrogen-bond acceptors (Lipinski definition) is 3. The first-order valence-electron chi connectivity index (χ1n) is 6.49. The van der Waals surface area contributed by atoms with Crippen LogP contribution >= 0.6 is 11.6 Å². The van der Waals surface area contributed by atoms with E-state index in [1.54, 1.807) is 6.07 Å². The van der Waals surface area contributed by atoms with Crippen LogP contribution in [0.15, 0.2) is 12.1 Å². The zero-order valence-corrected chi connectivity index (χ0v) is 12.9. The van der Waals surface area contributed by atoms with Crippen LogP contribution in [-0.2, 0) is 4.79 Å². The van der Waals surface area contributed by atoms with Crippen molar-refractivity contribution in [2.24, 2.45) is 5.73 Å². The molecule has 6 heteroatoms. The van der Waals surface area contributed by atoms with Gasteiger partial charge in [0.25, 0.3) is 5.91 Å². The quantitative estimate of drug-likeness (QED) is 0.846. The molecule has 20 heavy (non-hydrogen) atoms. The summed E-state index contributed by atoms with van der Waals surface area (Å²) < 4.78 is 0. The summed E-state index contributed by atoms with van der Waals surface area (Å²) in [6, 6.07) is 3.07. The average molecular weight is 298 g/mol. The molecule has 0 atom stereocenters. The van der Waals surface area contributed by atoms with E-state index >= 15 is 0 Å². The first-order chi connectivity index (χ1) is 9.22. The molecule has 0 bridgehead atoms. The van der Waals surface area contributed by atoms with Crippen LogP contribution in [0.2, 0.25) is 5.15 Å². The van der Waals surface area contributed by atoms with Crippen molar-refractivity contribution >= 4 is 23.4 Å². The van der Waals surface area contributed by atoms with Crippen LogP contribution in [0.1, 0.15) is 49.7 Å². The lowest BCUT2D eigenvalue weighted by Gasteiger charge is -2.25. The molecule has 0 saturated carbocycles. The van der Waals surface area contributed by atoms with Gasteiger partial charge in [0.15, 0.2) is 0 Å². The first kappa shape index (κ1) is 16.4. The molecular weight excluding hydrogens is 278 g/mol. The second-order valence-electron chi connectivity index (χ2n) is 5.25. The fraction of sp³-hybridized carbons (Fsp3) is 0.500. The molecule has 0 aromatic carbocycles. The lowest BCUT2D eigenvalue weighted by molar-refractivity contribution is -0.119. The van der Waals surface area contributed by atoms with E-state index in [1.165, 1.54) is 11.0 Å². The highest BCUT2D eigenvalue weighted by molar-refractivity contribution is 6.29. The van der Waals surface area contributed by atoms with Crippen LogP contribution in [-0.4, -0.2) is 34.3 Å². The molecule has 1 aromatic heterocycles. The van der Waals surface area contributed by atoms with Gasteiger partial charge in [-0.25, -0.2) is 4.98 Å². The lowest BCUT2D eigenvalue weighted by Crippen LogP contribution is -2.42. The highest BCUT2D eigenvalue weighted by Gasteiger charge is 2.22. The lowest BCUT2D eigenvalue weighted by atomic mass is 10.1. The normalized spacial score (nSPS) is 10.9. The molecule has 0 radical (unpaired) electrons. The number of aromatic nitrogens is 1. The number of carbonyl (C=O) groups is 2. The number of pyridine rings is 1. The molecule has 2 N–H and O–H groups in total. The number of carbonyl (C=O) groups excluding carboxylic acids is 2. The Labute approximate surface area is 124 Å². The molecule has 0 aliphatic heterocycles. The Morgan fingerprint density at radius 2 is 1.90 bits per heavy atom. The van der Waals surface area contributed by atoms with Gasteiger partial charge in [-0.15, -0.1) is 0 Å². The van der Waals surface area contributed by atoms with Crippen molar-refractivity contribution in [3.05, 3.63) is 28.5 Å². The molecule has 1 heterocycles. The summed E-state index contributed by atoms with van der Waals surface area (Å²) in [6.07, 6.45) is 0. The van der Waals surface area contributed by atoms with Gasteiger partial charge in [0.1, 0.15) is 5.15 Å². The van der Waals surface area contributed by atoms with Gasteiger partial charge in [0.05, 0.1) is 6.54 Å². The van der Waals surface area contributed by atoms with Gasteiger partial charge in [0.2, 0.25) is 5.91 Å². The predicted molar refractivity (Wildman–Crippen MR) is 78.7 cm³/mol. The third-order valence-electron chi connectivity index (χ3n) is 2.86. The zero-order valence-electron chi connectivity index (χ0n) is 12.2. The molecule has 0 unspecified atom stereocenters. The van der Waals surface area contributed by atoms with Crippen molar-refractivity contribution in [3.8, 4) is 0 Å². The number of rotatable bonds is 5. The number of nitrogens with zero attached hydrogens (tertiary/aromatic N) is 2. The van der Waals surface area contributed by atoms with Crippen molar-refractivity contribution in [2.45, 2.75) is 39.7 Å². The van der Waals surface area contributed by atoms with E-state index in [2.05, 4.69) is 4.98 Å². The molecule has 1 aromatic rings. The summed E-state index contributed by atoms with van der Waals surface area (Å²) in [7, 11) is 0. The van der Waals surface area contributed by atoms with Gasteiger partial charge >= 0.3 is 0 Å². The molecule has 0 fully saturated rings. The SMILES string of the molecule is CC(C)c1cc(C(=O)N(CC(N)=O)C(C)C)cc(Cl)n1. The third kappa shape index (κ3) is 4.20. The minimum Gasteiger partial charge on any atom is -0.368 e. The van der Waals surface area contributed by atoms with Crippen molar-refractivity contribution in [1.82, 2.24) is 9.88 Å². The molecule has 0 aliphatic carbocycles. The molecule has 110 valence electrons. The smallest absolute Gasteiger partial charge is 0.254 e. The van der Waals surface area contributed by atoms with Crippen LogP contribution in [0, 0.1) is 0 Å². The summed E-state index contributed by atoms with van der Waals surface area (Å²) in [5, 5.41) is 0.266. The number of primary amides is 1. The molecule has 0 aliphatic rings. The van der Waals surface area contributed by atoms with Gasteiger partial charge < -0.3 is 10.6 Å². The Kier molecular flexibility index (Phi) is 5.51. The molecule has 2 amide bonds. The van der Waals surface area contributed by atoms with E-state index in [4.69, 9.17) is 17.3 Å². The van der Waals surface area contributed by atoms with Crippen molar-refractivity contribution in [1.29, 1.82) is 0 Å². The Morgan fingerprint density at radius 3 is 2.35 bits per heavy atom. The molecule has 1 rings (SSSR count). The van der Waals surface area contributed by atoms with E-state index in [1.807, 2.05) is 27.7 Å². The van der Waals surface area contributed by atoms with Gasteiger partial charge in [-0.2, -0.15) is 0 Å². The fourth-order valence-corrected chi connectivity index (χ4v) is 1.97. The Bertz CT molecular complexity index is 515. The van der Waals surface area contributed by atoms with Crippen LogP contribution in [0.3, 0.4) is 0 Å². The minimum atomic E-state index is -0.545. The maximum Gasteiger partial charge on any atom is 0.254 e. The monoisotopic (exact) mass is 297 g/mol. The number of nitrogens with two attached hydrogens (primary N) is 1. The average Bonchev–Trinajstić information content (AvgIpc) is 2.33. The highest BCUT2D eigenvalue weighted by Crippen LogP contribution is 2.19. The van der Waals surface area contributed by atoms with Gasteiger partial charge in [0, 0.05) is 17.3 Å². The van der Waals surface area contributed by atoms with Gasteiger partial charge in [-0.05, 0) is 31.9 Å². The molecule has 5 nitrogen and oxygen atoms in total. The van der Waals surface area contributed by atoms with Crippen molar-refractivity contribution in [2.75, 3.05) is 6.54 Å². The Hall–Kier alpha value is -1.62. The highest BCUT2D eigenvalue weighted by atomic mass is 35.5. The van der Waals surface area contributed by atoms with Crippen LogP contribution in [0.5, 0.6) is 0 Å². The zero-order chi connectivity index (χ0) is 15.4. The topological polar surface area (TPSA) is 76.3 Å². The maximum absolute atomic E-state index is 12.5. The molecule has 0 saturated heterocycles. The van der Waals surface area contributed by atoms with E-state index < -0.39 is 5.91 Å².